The number of aryl methyl sites for hydroxylation is 1. The maximum atomic E-state index is 11.8. The summed E-state index contributed by atoms with van der Waals surface area (Å²) in [7, 11) is 1.64. The Labute approximate surface area is 106 Å². The number of ether oxygens (including phenoxy) is 1. The smallest absolute Gasteiger partial charge is 0.245 e. The number of amides is 1. The summed E-state index contributed by atoms with van der Waals surface area (Å²) < 4.78 is 5.24. The molecule has 0 saturated heterocycles. The van der Waals surface area contributed by atoms with E-state index in [1.807, 2.05) is 25.1 Å². The molecule has 4 heteroatoms. The van der Waals surface area contributed by atoms with Crippen LogP contribution in [0, 0.1) is 0 Å². The van der Waals surface area contributed by atoms with E-state index < -0.39 is 4.87 Å². The molecular weight excluding hydrogens is 238 g/mol. The number of halogens is 1. The lowest BCUT2D eigenvalue weighted by Crippen LogP contribution is -2.24. The van der Waals surface area contributed by atoms with Crippen molar-refractivity contribution in [2.45, 2.75) is 31.1 Å². The lowest BCUT2D eigenvalue weighted by molar-refractivity contribution is -0.116. The Balaban J connectivity index is 2.14. The first-order valence-electron chi connectivity index (χ1n) is 5.76. The molecule has 1 aromatic rings. The van der Waals surface area contributed by atoms with Gasteiger partial charge in [0.2, 0.25) is 5.91 Å². The molecule has 1 aliphatic rings. The van der Waals surface area contributed by atoms with E-state index in [0.29, 0.717) is 0 Å². The summed E-state index contributed by atoms with van der Waals surface area (Å²) in [6.45, 7) is 2.05. The molecule has 1 saturated carbocycles. The number of hydrogen-bond donors (Lipinski definition) is 1. The first-order chi connectivity index (χ1) is 8.09. The Morgan fingerprint density at radius 2 is 2.24 bits per heavy atom. The first kappa shape index (κ1) is 12.2. The zero-order valence-corrected chi connectivity index (χ0v) is 10.8. The molecule has 0 unspecified atom stereocenters. The standard InChI is InChI=1S/C13H16ClNO2/c1-3-9-8-10(4-5-11(9)17-2)15-12(16)13(14)6-7-13/h4-5,8H,3,6-7H2,1-2H3,(H,15,16). The normalized spacial score (nSPS) is 16.4. The van der Waals surface area contributed by atoms with Crippen molar-refractivity contribution < 1.29 is 9.53 Å². The first-order valence-corrected chi connectivity index (χ1v) is 6.14. The van der Waals surface area contributed by atoms with Gasteiger partial charge in [-0.15, -0.1) is 11.6 Å². The molecule has 1 amide bonds. The van der Waals surface area contributed by atoms with Crippen LogP contribution >= 0.6 is 11.6 Å². The second-order valence-corrected chi connectivity index (χ2v) is 5.02. The largest absolute Gasteiger partial charge is 0.496 e. The van der Waals surface area contributed by atoms with Crippen molar-refractivity contribution in [2.75, 3.05) is 12.4 Å². The van der Waals surface area contributed by atoms with E-state index >= 15 is 0 Å². The van der Waals surface area contributed by atoms with Crippen LogP contribution in [0.25, 0.3) is 0 Å². The van der Waals surface area contributed by atoms with E-state index in [9.17, 15) is 4.79 Å². The van der Waals surface area contributed by atoms with Crippen LogP contribution in [0.15, 0.2) is 18.2 Å². The number of carbonyl (C=O) groups excluding carboxylic acids is 1. The number of carbonyl (C=O) groups is 1. The summed E-state index contributed by atoms with van der Waals surface area (Å²) in [6.07, 6.45) is 2.38. The Morgan fingerprint density at radius 1 is 1.53 bits per heavy atom. The fourth-order valence-corrected chi connectivity index (χ4v) is 1.85. The quantitative estimate of drug-likeness (QED) is 0.838. The molecule has 1 aromatic carbocycles. The minimum Gasteiger partial charge on any atom is -0.496 e. The van der Waals surface area contributed by atoms with Crippen molar-refractivity contribution in [3.8, 4) is 5.75 Å². The highest BCUT2D eigenvalue weighted by Crippen LogP contribution is 2.43. The molecule has 0 aromatic heterocycles. The van der Waals surface area contributed by atoms with Gasteiger partial charge in [-0.05, 0) is 43.0 Å². The van der Waals surface area contributed by atoms with Gasteiger partial charge in [-0.1, -0.05) is 6.92 Å². The molecule has 0 atom stereocenters. The number of methoxy groups -OCH3 is 1. The van der Waals surface area contributed by atoms with Crippen LogP contribution < -0.4 is 10.1 Å². The maximum Gasteiger partial charge on any atom is 0.245 e. The van der Waals surface area contributed by atoms with Crippen LogP contribution in [0.5, 0.6) is 5.75 Å². The van der Waals surface area contributed by atoms with E-state index in [1.54, 1.807) is 7.11 Å². The number of benzene rings is 1. The fourth-order valence-electron chi connectivity index (χ4n) is 1.71. The minimum absolute atomic E-state index is 0.105. The van der Waals surface area contributed by atoms with Crippen LogP contribution in [-0.4, -0.2) is 17.9 Å². The number of alkyl halides is 1. The van der Waals surface area contributed by atoms with Crippen molar-refractivity contribution >= 4 is 23.2 Å². The molecule has 3 nitrogen and oxygen atoms in total. The third-order valence-corrected chi connectivity index (χ3v) is 3.56. The summed E-state index contributed by atoms with van der Waals surface area (Å²) in [5.41, 5.74) is 1.85. The van der Waals surface area contributed by atoms with Gasteiger partial charge in [-0.2, -0.15) is 0 Å². The maximum absolute atomic E-state index is 11.8. The number of hydrogen-bond acceptors (Lipinski definition) is 2. The van der Waals surface area contributed by atoms with Crippen LogP contribution in [0.3, 0.4) is 0 Å². The molecule has 0 bridgehead atoms. The Kier molecular flexibility index (Phi) is 3.29. The highest BCUT2D eigenvalue weighted by Gasteiger charge is 2.48. The van der Waals surface area contributed by atoms with Crippen LogP contribution in [0.2, 0.25) is 0 Å². The molecule has 1 fully saturated rings. The molecule has 17 heavy (non-hydrogen) atoms. The summed E-state index contributed by atoms with van der Waals surface area (Å²) in [6, 6.07) is 5.63. The fraction of sp³-hybridized carbons (Fsp3) is 0.462. The topological polar surface area (TPSA) is 38.3 Å². The van der Waals surface area contributed by atoms with Gasteiger partial charge in [-0.3, -0.25) is 4.79 Å². The average molecular weight is 254 g/mol. The molecule has 1 N–H and O–H groups in total. The number of anilines is 1. The van der Waals surface area contributed by atoms with Crippen LogP contribution in [0.1, 0.15) is 25.3 Å². The van der Waals surface area contributed by atoms with E-state index in [1.165, 1.54) is 0 Å². The molecule has 0 spiro atoms. The van der Waals surface area contributed by atoms with Gasteiger partial charge in [0.15, 0.2) is 0 Å². The zero-order chi connectivity index (χ0) is 12.5. The van der Waals surface area contributed by atoms with Gasteiger partial charge >= 0.3 is 0 Å². The van der Waals surface area contributed by atoms with E-state index in [-0.39, 0.29) is 5.91 Å². The van der Waals surface area contributed by atoms with Crippen molar-refractivity contribution in [1.29, 1.82) is 0 Å². The summed E-state index contributed by atoms with van der Waals surface area (Å²) >= 11 is 6.04. The lowest BCUT2D eigenvalue weighted by atomic mass is 10.1. The predicted octanol–water partition coefficient (Wildman–Crippen LogP) is 2.97. The van der Waals surface area contributed by atoms with Gasteiger partial charge in [0.05, 0.1) is 7.11 Å². The SMILES string of the molecule is CCc1cc(NC(=O)C2(Cl)CC2)ccc1OC. The number of rotatable bonds is 4. The molecule has 2 rings (SSSR count). The van der Waals surface area contributed by atoms with E-state index in [0.717, 1.165) is 36.3 Å². The van der Waals surface area contributed by atoms with Crippen molar-refractivity contribution in [1.82, 2.24) is 0 Å². The molecule has 1 aliphatic carbocycles. The van der Waals surface area contributed by atoms with Crippen LogP contribution in [-0.2, 0) is 11.2 Å². The molecular formula is C13H16ClNO2. The third-order valence-electron chi connectivity index (χ3n) is 3.02. The lowest BCUT2D eigenvalue weighted by Gasteiger charge is -2.12. The second-order valence-electron chi connectivity index (χ2n) is 4.30. The van der Waals surface area contributed by atoms with Crippen LogP contribution in [0.4, 0.5) is 5.69 Å². The highest BCUT2D eigenvalue weighted by atomic mass is 35.5. The Morgan fingerprint density at radius 3 is 2.76 bits per heavy atom. The molecule has 0 heterocycles. The summed E-state index contributed by atoms with van der Waals surface area (Å²) in [5.74, 6) is 0.740. The Bertz CT molecular complexity index is 441. The van der Waals surface area contributed by atoms with Gasteiger partial charge in [0.25, 0.3) is 0 Å². The van der Waals surface area contributed by atoms with E-state index in [4.69, 9.17) is 16.3 Å². The van der Waals surface area contributed by atoms with Gasteiger partial charge in [0.1, 0.15) is 10.6 Å². The molecule has 0 radical (unpaired) electrons. The van der Waals surface area contributed by atoms with Crippen molar-refractivity contribution in [3.63, 3.8) is 0 Å². The predicted molar refractivity (Wildman–Crippen MR) is 68.8 cm³/mol. The van der Waals surface area contributed by atoms with Gasteiger partial charge in [-0.25, -0.2) is 0 Å². The van der Waals surface area contributed by atoms with E-state index in [2.05, 4.69) is 5.32 Å². The average Bonchev–Trinajstić information content (AvgIpc) is 3.08. The monoisotopic (exact) mass is 253 g/mol. The summed E-state index contributed by atoms with van der Waals surface area (Å²) in [4.78, 5) is 11.1. The third kappa shape index (κ3) is 2.55. The minimum atomic E-state index is -0.660. The zero-order valence-electron chi connectivity index (χ0n) is 10.0. The second kappa shape index (κ2) is 4.57. The number of nitrogens with one attached hydrogen (secondary N) is 1. The van der Waals surface area contributed by atoms with Crippen molar-refractivity contribution in [2.24, 2.45) is 0 Å². The Hall–Kier alpha value is -1.22. The molecule has 92 valence electrons. The molecule has 0 aliphatic heterocycles. The van der Waals surface area contributed by atoms with Gasteiger partial charge < -0.3 is 10.1 Å². The van der Waals surface area contributed by atoms with Gasteiger partial charge in [0, 0.05) is 5.69 Å². The van der Waals surface area contributed by atoms with Crippen molar-refractivity contribution in [3.05, 3.63) is 23.8 Å². The summed E-state index contributed by atoms with van der Waals surface area (Å²) in [5, 5.41) is 2.84. The highest BCUT2D eigenvalue weighted by molar-refractivity contribution is 6.38.